The highest BCUT2D eigenvalue weighted by atomic mass is 16.5. The molecule has 0 unspecified atom stereocenters. The highest BCUT2D eigenvalue weighted by Gasteiger charge is 2.33. The fourth-order valence-electron chi connectivity index (χ4n) is 3.56. The van der Waals surface area contributed by atoms with Crippen LogP contribution in [-0.2, 0) is 4.79 Å². The summed E-state index contributed by atoms with van der Waals surface area (Å²) in [4.78, 5) is 29.3. The van der Waals surface area contributed by atoms with Crippen molar-refractivity contribution in [2.24, 2.45) is 0 Å². The molecular weight excluding hydrogens is 352 g/mol. The van der Waals surface area contributed by atoms with Crippen LogP contribution in [0.2, 0.25) is 0 Å². The number of rotatable bonds is 4. The van der Waals surface area contributed by atoms with E-state index >= 15 is 0 Å². The van der Waals surface area contributed by atoms with Crippen LogP contribution in [0.1, 0.15) is 35.3 Å². The average molecular weight is 380 g/mol. The maximum Gasteiger partial charge on any atom is 0.263 e. The summed E-state index contributed by atoms with van der Waals surface area (Å²) in [6, 6.07) is 15.1. The van der Waals surface area contributed by atoms with E-state index in [1.807, 2.05) is 79.1 Å². The molecule has 1 aliphatic heterocycles. The average Bonchev–Trinajstić information content (AvgIpc) is 2.71. The third-order valence-corrected chi connectivity index (χ3v) is 5.42. The van der Waals surface area contributed by atoms with Gasteiger partial charge in [0.1, 0.15) is 5.75 Å². The Morgan fingerprint density at radius 1 is 1.04 bits per heavy atom. The number of hydrogen-bond acceptors (Lipinski definition) is 3. The molecule has 28 heavy (non-hydrogen) atoms. The molecule has 1 heterocycles. The molecule has 0 bridgehead atoms. The Bertz CT molecular complexity index is 850. The minimum absolute atomic E-state index is 0.0132. The van der Waals surface area contributed by atoms with Gasteiger partial charge in [-0.1, -0.05) is 30.3 Å². The van der Waals surface area contributed by atoms with Gasteiger partial charge in [-0.3, -0.25) is 9.59 Å². The Balaban J connectivity index is 1.62. The lowest BCUT2D eigenvalue weighted by Gasteiger charge is -2.40. The normalized spacial score (nSPS) is 17.9. The molecule has 0 N–H and O–H groups in total. The Labute approximate surface area is 166 Å². The fourth-order valence-corrected chi connectivity index (χ4v) is 3.56. The summed E-state index contributed by atoms with van der Waals surface area (Å²) >= 11 is 0. The van der Waals surface area contributed by atoms with Crippen LogP contribution in [0.25, 0.3) is 0 Å². The molecule has 0 spiro atoms. The summed E-state index contributed by atoms with van der Waals surface area (Å²) in [5.41, 5.74) is 2.87. The van der Waals surface area contributed by atoms with Gasteiger partial charge in [0.25, 0.3) is 11.8 Å². The standard InChI is InChI=1S/C23H28N2O3/c1-16-9-8-12-21(18(16)3)28-19(4)22(26)25-14-13-24(15-17(25)2)23(27)20-10-6-5-7-11-20/h5-12,17,19H,13-15H2,1-4H3/t17-,19+/m1/s1. The zero-order valence-electron chi connectivity index (χ0n) is 17.0. The summed E-state index contributed by atoms with van der Waals surface area (Å²) in [6.07, 6.45) is -0.570. The van der Waals surface area contributed by atoms with E-state index in [-0.39, 0.29) is 17.9 Å². The molecule has 0 aliphatic carbocycles. The minimum Gasteiger partial charge on any atom is -0.481 e. The second-order valence-corrected chi connectivity index (χ2v) is 7.46. The van der Waals surface area contributed by atoms with Crippen molar-refractivity contribution in [3.63, 3.8) is 0 Å². The van der Waals surface area contributed by atoms with Gasteiger partial charge in [-0.05, 0) is 57.0 Å². The molecule has 0 aromatic heterocycles. The summed E-state index contributed by atoms with van der Waals surface area (Å²) in [6.45, 7) is 9.36. The maximum absolute atomic E-state index is 13.0. The Kier molecular flexibility index (Phi) is 6.02. The molecule has 2 atom stereocenters. The largest absolute Gasteiger partial charge is 0.481 e. The minimum atomic E-state index is -0.570. The second kappa shape index (κ2) is 8.46. The summed E-state index contributed by atoms with van der Waals surface area (Å²) < 4.78 is 5.96. The quantitative estimate of drug-likeness (QED) is 0.816. The van der Waals surface area contributed by atoms with Crippen LogP contribution in [0.15, 0.2) is 48.5 Å². The van der Waals surface area contributed by atoms with Crippen LogP contribution in [-0.4, -0.2) is 53.4 Å². The molecule has 2 aromatic carbocycles. The number of carbonyl (C=O) groups is 2. The molecule has 3 rings (SSSR count). The van der Waals surface area contributed by atoms with E-state index in [9.17, 15) is 9.59 Å². The number of benzene rings is 2. The molecule has 0 radical (unpaired) electrons. The number of ether oxygens (including phenoxy) is 1. The molecule has 2 amide bonds. The van der Waals surface area contributed by atoms with Gasteiger partial charge in [-0.2, -0.15) is 0 Å². The van der Waals surface area contributed by atoms with Crippen molar-refractivity contribution in [3.8, 4) is 5.75 Å². The molecule has 5 heteroatoms. The smallest absolute Gasteiger partial charge is 0.263 e. The van der Waals surface area contributed by atoms with Gasteiger partial charge in [0.2, 0.25) is 0 Å². The molecule has 1 aliphatic rings. The third kappa shape index (κ3) is 4.19. The van der Waals surface area contributed by atoms with Crippen molar-refractivity contribution >= 4 is 11.8 Å². The van der Waals surface area contributed by atoms with Gasteiger partial charge in [-0.25, -0.2) is 0 Å². The van der Waals surface area contributed by atoms with E-state index in [1.165, 1.54) is 0 Å². The summed E-state index contributed by atoms with van der Waals surface area (Å²) in [5, 5.41) is 0. The van der Waals surface area contributed by atoms with Crippen LogP contribution in [0.5, 0.6) is 5.75 Å². The van der Waals surface area contributed by atoms with E-state index in [0.717, 1.165) is 16.9 Å². The lowest BCUT2D eigenvalue weighted by molar-refractivity contribution is -0.142. The van der Waals surface area contributed by atoms with Crippen molar-refractivity contribution in [3.05, 3.63) is 65.2 Å². The molecule has 148 valence electrons. The highest BCUT2D eigenvalue weighted by Crippen LogP contribution is 2.23. The number of carbonyl (C=O) groups excluding carboxylic acids is 2. The number of aryl methyl sites for hydroxylation is 1. The Hall–Kier alpha value is -2.82. The molecule has 1 fully saturated rings. The molecular formula is C23H28N2O3. The van der Waals surface area contributed by atoms with Crippen LogP contribution >= 0.6 is 0 Å². The van der Waals surface area contributed by atoms with Crippen LogP contribution in [0.4, 0.5) is 0 Å². The van der Waals surface area contributed by atoms with Gasteiger partial charge in [0.15, 0.2) is 6.10 Å². The molecule has 2 aromatic rings. The van der Waals surface area contributed by atoms with Crippen molar-refractivity contribution in [1.29, 1.82) is 0 Å². The van der Waals surface area contributed by atoms with Crippen molar-refractivity contribution < 1.29 is 14.3 Å². The predicted molar refractivity (Wildman–Crippen MR) is 110 cm³/mol. The van der Waals surface area contributed by atoms with Gasteiger partial charge >= 0.3 is 0 Å². The van der Waals surface area contributed by atoms with Gasteiger partial charge in [-0.15, -0.1) is 0 Å². The predicted octanol–water partition coefficient (Wildman–Crippen LogP) is 3.44. The zero-order chi connectivity index (χ0) is 20.3. The zero-order valence-corrected chi connectivity index (χ0v) is 17.0. The number of hydrogen-bond donors (Lipinski definition) is 0. The van der Waals surface area contributed by atoms with Gasteiger partial charge in [0.05, 0.1) is 0 Å². The van der Waals surface area contributed by atoms with Crippen molar-refractivity contribution in [2.75, 3.05) is 19.6 Å². The Morgan fingerprint density at radius 3 is 2.43 bits per heavy atom. The van der Waals surface area contributed by atoms with Crippen LogP contribution in [0, 0.1) is 13.8 Å². The SMILES string of the molecule is Cc1cccc(O[C@@H](C)C(=O)N2CCN(C(=O)c3ccccc3)C[C@H]2C)c1C. The van der Waals surface area contributed by atoms with E-state index in [1.54, 1.807) is 6.92 Å². The van der Waals surface area contributed by atoms with E-state index in [2.05, 4.69) is 0 Å². The van der Waals surface area contributed by atoms with E-state index in [4.69, 9.17) is 4.74 Å². The third-order valence-electron chi connectivity index (χ3n) is 5.42. The number of piperazine rings is 1. The van der Waals surface area contributed by atoms with Crippen LogP contribution in [0.3, 0.4) is 0 Å². The topological polar surface area (TPSA) is 49.9 Å². The van der Waals surface area contributed by atoms with Crippen molar-refractivity contribution in [1.82, 2.24) is 9.80 Å². The van der Waals surface area contributed by atoms with Crippen LogP contribution < -0.4 is 4.74 Å². The van der Waals surface area contributed by atoms with Gasteiger partial charge < -0.3 is 14.5 Å². The number of amides is 2. The maximum atomic E-state index is 13.0. The summed E-state index contributed by atoms with van der Waals surface area (Å²) in [7, 11) is 0. The second-order valence-electron chi connectivity index (χ2n) is 7.46. The molecule has 1 saturated heterocycles. The first kappa shape index (κ1) is 19.9. The monoisotopic (exact) mass is 380 g/mol. The first-order chi connectivity index (χ1) is 13.4. The lowest BCUT2D eigenvalue weighted by Crippen LogP contribution is -2.57. The van der Waals surface area contributed by atoms with Gasteiger partial charge in [0, 0.05) is 31.2 Å². The molecule has 0 saturated carbocycles. The van der Waals surface area contributed by atoms with Crippen molar-refractivity contribution in [2.45, 2.75) is 39.8 Å². The Morgan fingerprint density at radius 2 is 1.75 bits per heavy atom. The molecule has 5 nitrogen and oxygen atoms in total. The first-order valence-corrected chi connectivity index (χ1v) is 9.76. The lowest BCUT2D eigenvalue weighted by atomic mass is 10.1. The highest BCUT2D eigenvalue weighted by molar-refractivity contribution is 5.94. The first-order valence-electron chi connectivity index (χ1n) is 9.76. The van der Waals surface area contributed by atoms with E-state index < -0.39 is 6.10 Å². The fraction of sp³-hybridized carbons (Fsp3) is 0.391. The summed E-state index contributed by atoms with van der Waals surface area (Å²) in [5.74, 6) is 0.714. The number of nitrogens with zero attached hydrogens (tertiary/aromatic N) is 2. The van der Waals surface area contributed by atoms with E-state index in [0.29, 0.717) is 25.2 Å².